The summed E-state index contributed by atoms with van der Waals surface area (Å²) in [4.78, 5) is 0. The Hall–Kier alpha value is -0.860. The van der Waals surface area contributed by atoms with Crippen molar-refractivity contribution in [3.05, 3.63) is 35.4 Å². The first-order chi connectivity index (χ1) is 7.83. The molecule has 1 saturated carbocycles. The van der Waals surface area contributed by atoms with Gasteiger partial charge < -0.3 is 11.5 Å². The monoisotopic (exact) mass is 218 g/mol. The summed E-state index contributed by atoms with van der Waals surface area (Å²) in [5, 5.41) is 0. The highest BCUT2D eigenvalue weighted by molar-refractivity contribution is 5.25. The van der Waals surface area contributed by atoms with E-state index in [1.165, 1.54) is 36.8 Å². The van der Waals surface area contributed by atoms with Crippen LogP contribution in [0.4, 0.5) is 0 Å². The third kappa shape index (κ3) is 2.63. The molecule has 0 aromatic heterocycles. The third-order valence-electron chi connectivity index (χ3n) is 3.87. The van der Waals surface area contributed by atoms with Gasteiger partial charge in [-0.05, 0) is 55.2 Å². The van der Waals surface area contributed by atoms with Crippen LogP contribution in [-0.2, 0) is 6.54 Å². The zero-order valence-corrected chi connectivity index (χ0v) is 9.86. The van der Waals surface area contributed by atoms with Crippen LogP contribution >= 0.6 is 0 Å². The molecule has 2 rings (SSSR count). The molecule has 88 valence electrons. The maximum Gasteiger partial charge on any atom is 0.0178 e. The summed E-state index contributed by atoms with van der Waals surface area (Å²) in [7, 11) is 0. The first-order valence-corrected chi connectivity index (χ1v) is 6.32. The van der Waals surface area contributed by atoms with Crippen LogP contribution in [0.2, 0.25) is 0 Å². The Morgan fingerprint density at radius 1 is 0.938 bits per heavy atom. The van der Waals surface area contributed by atoms with E-state index in [4.69, 9.17) is 11.5 Å². The van der Waals surface area contributed by atoms with E-state index in [1.807, 2.05) is 0 Å². The zero-order valence-electron chi connectivity index (χ0n) is 9.86. The molecule has 0 bridgehead atoms. The largest absolute Gasteiger partial charge is 0.330 e. The van der Waals surface area contributed by atoms with Crippen molar-refractivity contribution in [3.63, 3.8) is 0 Å². The molecule has 0 unspecified atom stereocenters. The van der Waals surface area contributed by atoms with Crippen molar-refractivity contribution < 1.29 is 0 Å². The molecule has 0 amide bonds. The lowest BCUT2D eigenvalue weighted by atomic mass is 9.78. The Balaban J connectivity index is 1.97. The topological polar surface area (TPSA) is 52.0 Å². The van der Waals surface area contributed by atoms with E-state index in [0.29, 0.717) is 6.54 Å². The van der Waals surface area contributed by atoms with E-state index < -0.39 is 0 Å². The van der Waals surface area contributed by atoms with Crippen LogP contribution in [-0.4, -0.2) is 6.54 Å². The average molecular weight is 218 g/mol. The van der Waals surface area contributed by atoms with Crippen LogP contribution in [0.15, 0.2) is 24.3 Å². The lowest BCUT2D eigenvalue weighted by Gasteiger charge is -2.28. The van der Waals surface area contributed by atoms with Gasteiger partial charge in [0.05, 0.1) is 0 Å². The van der Waals surface area contributed by atoms with Crippen molar-refractivity contribution in [2.75, 3.05) is 6.54 Å². The fourth-order valence-electron chi connectivity index (χ4n) is 2.66. The molecular formula is C14H22N2. The van der Waals surface area contributed by atoms with Crippen LogP contribution in [0, 0.1) is 5.92 Å². The van der Waals surface area contributed by atoms with E-state index in [1.54, 1.807) is 0 Å². The highest BCUT2D eigenvalue weighted by Gasteiger charge is 2.21. The Labute approximate surface area is 98.0 Å². The molecule has 0 atom stereocenters. The van der Waals surface area contributed by atoms with Crippen LogP contribution in [0.3, 0.4) is 0 Å². The smallest absolute Gasteiger partial charge is 0.0178 e. The first kappa shape index (κ1) is 11.6. The molecule has 0 radical (unpaired) electrons. The van der Waals surface area contributed by atoms with Gasteiger partial charge in [-0.15, -0.1) is 0 Å². The van der Waals surface area contributed by atoms with Crippen LogP contribution in [0.5, 0.6) is 0 Å². The fourth-order valence-corrected chi connectivity index (χ4v) is 2.66. The van der Waals surface area contributed by atoms with Gasteiger partial charge in [0.1, 0.15) is 0 Å². The van der Waals surface area contributed by atoms with Gasteiger partial charge in [-0.1, -0.05) is 24.3 Å². The average Bonchev–Trinajstić information content (AvgIpc) is 2.39. The lowest BCUT2D eigenvalue weighted by molar-refractivity contribution is 0.333. The minimum Gasteiger partial charge on any atom is -0.330 e. The van der Waals surface area contributed by atoms with E-state index in [-0.39, 0.29) is 0 Å². The molecule has 4 N–H and O–H groups in total. The molecule has 0 saturated heterocycles. The number of hydrogen-bond donors (Lipinski definition) is 2. The van der Waals surface area contributed by atoms with E-state index in [9.17, 15) is 0 Å². The quantitative estimate of drug-likeness (QED) is 0.818. The Morgan fingerprint density at radius 2 is 1.56 bits per heavy atom. The minimum atomic E-state index is 0.639. The number of hydrogen-bond acceptors (Lipinski definition) is 2. The van der Waals surface area contributed by atoms with Gasteiger partial charge in [0, 0.05) is 6.54 Å². The maximum atomic E-state index is 5.71. The van der Waals surface area contributed by atoms with Gasteiger partial charge in [0.2, 0.25) is 0 Å². The molecule has 0 aliphatic heterocycles. The molecule has 1 aromatic carbocycles. The normalized spacial score (nSPS) is 25.6. The SMILES string of the molecule is NCc1ccc(C2CCC(CN)CC2)cc1. The molecular weight excluding hydrogens is 196 g/mol. The Kier molecular flexibility index (Phi) is 3.97. The van der Waals surface area contributed by atoms with Crippen molar-refractivity contribution in [2.24, 2.45) is 17.4 Å². The maximum absolute atomic E-state index is 5.71. The molecule has 1 aliphatic rings. The molecule has 1 fully saturated rings. The van der Waals surface area contributed by atoms with Gasteiger partial charge in [-0.25, -0.2) is 0 Å². The summed E-state index contributed by atoms with van der Waals surface area (Å²) < 4.78 is 0. The molecule has 16 heavy (non-hydrogen) atoms. The predicted molar refractivity (Wildman–Crippen MR) is 68.1 cm³/mol. The summed E-state index contributed by atoms with van der Waals surface area (Å²) in [5.74, 6) is 1.51. The Bertz CT molecular complexity index is 310. The third-order valence-corrected chi connectivity index (χ3v) is 3.87. The van der Waals surface area contributed by atoms with Gasteiger partial charge in [-0.2, -0.15) is 0 Å². The van der Waals surface area contributed by atoms with E-state index >= 15 is 0 Å². The van der Waals surface area contributed by atoms with Crippen LogP contribution in [0.25, 0.3) is 0 Å². The van der Waals surface area contributed by atoms with Crippen LogP contribution in [0.1, 0.15) is 42.7 Å². The van der Waals surface area contributed by atoms with Crippen molar-refractivity contribution in [3.8, 4) is 0 Å². The standard InChI is InChI=1S/C14H22N2/c15-9-11-1-5-13(6-2-11)14-7-3-12(10-16)4-8-14/h1-2,5-6,12,14H,3-4,7-10,15-16H2. The van der Waals surface area contributed by atoms with Gasteiger partial charge in [0.25, 0.3) is 0 Å². The molecule has 0 heterocycles. The molecule has 1 aliphatic carbocycles. The highest BCUT2D eigenvalue weighted by Crippen LogP contribution is 2.35. The lowest BCUT2D eigenvalue weighted by Crippen LogP contribution is -2.20. The number of rotatable bonds is 3. The summed E-state index contributed by atoms with van der Waals surface area (Å²) in [6, 6.07) is 8.81. The van der Waals surface area contributed by atoms with Gasteiger partial charge >= 0.3 is 0 Å². The zero-order chi connectivity index (χ0) is 11.4. The van der Waals surface area contributed by atoms with E-state index in [2.05, 4.69) is 24.3 Å². The summed E-state index contributed by atoms with van der Waals surface area (Å²) >= 11 is 0. The van der Waals surface area contributed by atoms with Gasteiger partial charge in [-0.3, -0.25) is 0 Å². The van der Waals surface area contributed by atoms with Crippen molar-refractivity contribution >= 4 is 0 Å². The number of benzene rings is 1. The van der Waals surface area contributed by atoms with Gasteiger partial charge in [0.15, 0.2) is 0 Å². The number of nitrogens with two attached hydrogens (primary N) is 2. The fraction of sp³-hybridized carbons (Fsp3) is 0.571. The predicted octanol–water partition coefficient (Wildman–Crippen LogP) is 2.38. The van der Waals surface area contributed by atoms with E-state index in [0.717, 1.165) is 18.4 Å². The second-order valence-corrected chi connectivity index (χ2v) is 4.90. The molecule has 1 aromatic rings. The molecule has 2 nitrogen and oxygen atoms in total. The minimum absolute atomic E-state index is 0.639. The van der Waals surface area contributed by atoms with Crippen molar-refractivity contribution in [1.29, 1.82) is 0 Å². The second-order valence-electron chi connectivity index (χ2n) is 4.90. The summed E-state index contributed by atoms with van der Waals surface area (Å²) in [5.41, 5.74) is 14.0. The highest BCUT2D eigenvalue weighted by atomic mass is 14.5. The molecule has 2 heteroatoms. The first-order valence-electron chi connectivity index (χ1n) is 6.32. The summed E-state index contributed by atoms with van der Waals surface area (Å²) in [6.07, 6.45) is 5.17. The second kappa shape index (κ2) is 5.46. The summed E-state index contributed by atoms with van der Waals surface area (Å²) in [6.45, 7) is 1.50. The Morgan fingerprint density at radius 3 is 2.06 bits per heavy atom. The van der Waals surface area contributed by atoms with Crippen molar-refractivity contribution in [1.82, 2.24) is 0 Å². The van der Waals surface area contributed by atoms with Crippen molar-refractivity contribution in [2.45, 2.75) is 38.1 Å². The van der Waals surface area contributed by atoms with Crippen LogP contribution < -0.4 is 11.5 Å². The molecule has 0 spiro atoms.